The highest BCUT2D eigenvalue weighted by Gasteiger charge is 2.33. The van der Waals surface area contributed by atoms with Crippen LogP contribution in [0, 0.1) is 5.92 Å². The maximum atomic E-state index is 12.6. The number of hydrogen-bond acceptors (Lipinski definition) is 5. The van der Waals surface area contributed by atoms with Crippen LogP contribution in [0.1, 0.15) is 12.8 Å². The number of hydrogen-bond donors (Lipinski definition) is 1. The summed E-state index contributed by atoms with van der Waals surface area (Å²) >= 11 is 8.48. The zero-order valence-corrected chi connectivity index (χ0v) is 17.3. The number of sulfonamides is 1. The molecule has 0 bridgehead atoms. The van der Waals surface area contributed by atoms with E-state index in [1.807, 2.05) is 30.5 Å². The van der Waals surface area contributed by atoms with E-state index < -0.39 is 10.0 Å². The number of thioether (sulfide) groups is 1. The summed E-state index contributed by atoms with van der Waals surface area (Å²) in [6.45, 7) is 0.667. The summed E-state index contributed by atoms with van der Waals surface area (Å²) in [5.41, 5.74) is 0.799. The van der Waals surface area contributed by atoms with Gasteiger partial charge in [0.2, 0.25) is 5.91 Å². The Balaban J connectivity index is 1.62. The van der Waals surface area contributed by atoms with Gasteiger partial charge in [-0.25, -0.2) is 8.42 Å². The van der Waals surface area contributed by atoms with E-state index in [-0.39, 0.29) is 16.0 Å². The van der Waals surface area contributed by atoms with Crippen molar-refractivity contribution in [3.63, 3.8) is 0 Å². The van der Waals surface area contributed by atoms with Crippen LogP contribution in [0.15, 0.2) is 45.5 Å². The van der Waals surface area contributed by atoms with Crippen LogP contribution in [-0.2, 0) is 14.8 Å². The van der Waals surface area contributed by atoms with Crippen molar-refractivity contribution >= 4 is 56.3 Å². The molecule has 1 N–H and O–H groups in total. The van der Waals surface area contributed by atoms with Crippen LogP contribution in [0.25, 0.3) is 0 Å². The summed E-state index contributed by atoms with van der Waals surface area (Å²) in [6, 6.07) is 10.8. The second kappa shape index (κ2) is 8.31. The number of piperidine rings is 1. The molecule has 2 heterocycles. The SMILES string of the molecule is CSc1ccccc1NC(=O)C1CCN(S(=O)(=O)c2ccc(Cl)s2)CC1. The van der Waals surface area contributed by atoms with Gasteiger partial charge in [0.25, 0.3) is 10.0 Å². The van der Waals surface area contributed by atoms with Gasteiger partial charge in [0.1, 0.15) is 4.21 Å². The van der Waals surface area contributed by atoms with Crippen molar-refractivity contribution in [2.45, 2.75) is 21.9 Å². The lowest BCUT2D eigenvalue weighted by Gasteiger charge is -2.30. The van der Waals surface area contributed by atoms with Crippen molar-refractivity contribution in [2.75, 3.05) is 24.7 Å². The lowest BCUT2D eigenvalue weighted by Crippen LogP contribution is -2.41. The largest absolute Gasteiger partial charge is 0.325 e. The van der Waals surface area contributed by atoms with E-state index in [4.69, 9.17) is 11.6 Å². The number of nitrogens with zero attached hydrogens (tertiary/aromatic N) is 1. The third-order valence-corrected chi connectivity index (χ3v) is 8.73. The van der Waals surface area contributed by atoms with Gasteiger partial charge in [-0.05, 0) is 43.4 Å². The summed E-state index contributed by atoms with van der Waals surface area (Å²) in [5, 5.41) is 2.98. The van der Waals surface area contributed by atoms with E-state index in [0.29, 0.717) is 30.3 Å². The molecule has 0 atom stereocenters. The van der Waals surface area contributed by atoms with Crippen molar-refractivity contribution in [1.82, 2.24) is 4.31 Å². The lowest BCUT2D eigenvalue weighted by atomic mass is 9.97. The molecule has 0 unspecified atom stereocenters. The summed E-state index contributed by atoms with van der Waals surface area (Å²) in [6.07, 6.45) is 2.97. The highest BCUT2D eigenvalue weighted by atomic mass is 35.5. The van der Waals surface area contributed by atoms with Gasteiger partial charge in [0, 0.05) is 23.9 Å². The van der Waals surface area contributed by atoms with E-state index in [9.17, 15) is 13.2 Å². The van der Waals surface area contributed by atoms with E-state index >= 15 is 0 Å². The van der Waals surface area contributed by atoms with Gasteiger partial charge in [-0.15, -0.1) is 23.1 Å². The molecule has 0 aliphatic carbocycles. The predicted molar refractivity (Wildman–Crippen MR) is 108 cm³/mol. The van der Waals surface area contributed by atoms with Gasteiger partial charge < -0.3 is 5.32 Å². The number of halogens is 1. The summed E-state index contributed by atoms with van der Waals surface area (Å²) in [4.78, 5) is 13.6. The molecule has 1 aliphatic heterocycles. The van der Waals surface area contributed by atoms with Crippen molar-refractivity contribution in [2.24, 2.45) is 5.92 Å². The quantitative estimate of drug-likeness (QED) is 0.723. The molecule has 5 nitrogen and oxygen atoms in total. The minimum Gasteiger partial charge on any atom is -0.325 e. The van der Waals surface area contributed by atoms with Gasteiger partial charge in [-0.3, -0.25) is 4.79 Å². The van der Waals surface area contributed by atoms with Crippen molar-refractivity contribution in [3.8, 4) is 0 Å². The minimum atomic E-state index is -3.53. The van der Waals surface area contributed by atoms with Gasteiger partial charge in [0.05, 0.1) is 10.0 Å². The predicted octanol–water partition coefficient (Wildman–Crippen LogP) is 4.16. The zero-order valence-electron chi connectivity index (χ0n) is 14.1. The Morgan fingerprint density at radius 2 is 1.92 bits per heavy atom. The average molecular weight is 431 g/mol. The van der Waals surface area contributed by atoms with Crippen LogP contribution < -0.4 is 5.32 Å². The molecular formula is C17H19ClN2O3S3. The second-order valence-electron chi connectivity index (χ2n) is 5.93. The zero-order chi connectivity index (χ0) is 18.7. The fourth-order valence-corrected chi connectivity index (χ4v) is 6.57. The third kappa shape index (κ3) is 4.26. The molecule has 140 valence electrons. The van der Waals surface area contributed by atoms with Gasteiger partial charge in [-0.1, -0.05) is 23.7 Å². The van der Waals surface area contributed by atoms with E-state index in [1.54, 1.807) is 17.8 Å². The molecule has 0 radical (unpaired) electrons. The minimum absolute atomic E-state index is 0.0530. The number of nitrogens with one attached hydrogen (secondary N) is 1. The van der Waals surface area contributed by atoms with Gasteiger partial charge in [0.15, 0.2) is 0 Å². The molecule has 1 amide bonds. The number of para-hydroxylation sites is 1. The van der Waals surface area contributed by atoms with Crippen LogP contribution in [-0.4, -0.2) is 38.0 Å². The number of benzene rings is 1. The van der Waals surface area contributed by atoms with Crippen molar-refractivity contribution in [1.29, 1.82) is 0 Å². The van der Waals surface area contributed by atoms with Gasteiger partial charge >= 0.3 is 0 Å². The highest BCUT2D eigenvalue weighted by Crippen LogP contribution is 2.31. The molecule has 9 heteroatoms. The van der Waals surface area contributed by atoms with Crippen LogP contribution in [0.4, 0.5) is 5.69 Å². The molecule has 3 rings (SSSR count). The van der Waals surface area contributed by atoms with Crippen LogP contribution >= 0.6 is 34.7 Å². The smallest absolute Gasteiger partial charge is 0.252 e. The highest BCUT2D eigenvalue weighted by molar-refractivity contribution is 7.98. The van der Waals surface area contributed by atoms with Crippen LogP contribution in [0.5, 0.6) is 0 Å². The maximum Gasteiger partial charge on any atom is 0.252 e. The average Bonchev–Trinajstić information content (AvgIpc) is 3.09. The van der Waals surface area contributed by atoms with Crippen LogP contribution in [0.2, 0.25) is 4.34 Å². The standard InChI is InChI=1S/C17H19ClN2O3S3/c1-24-14-5-3-2-4-13(14)19-17(21)12-8-10-20(11-9-12)26(22,23)16-7-6-15(18)25-16/h2-7,12H,8-11H2,1H3,(H,19,21). The van der Waals surface area contributed by atoms with E-state index in [2.05, 4.69) is 5.32 Å². The Morgan fingerprint density at radius 1 is 1.23 bits per heavy atom. The number of anilines is 1. The Hall–Kier alpha value is -1.06. The van der Waals surface area contributed by atoms with Crippen LogP contribution in [0.3, 0.4) is 0 Å². The topological polar surface area (TPSA) is 66.5 Å². The van der Waals surface area contributed by atoms with E-state index in [0.717, 1.165) is 21.9 Å². The fraction of sp³-hybridized carbons (Fsp3) is 0.353. The Kier molecular flexibility index (Phi) is 6.29. The summed E-state index contributed by atoms with van der Waals surface area (Å²) in [5.74, 6) is -0.244. The molecule has 1 fully saturated rings. The van der Waals surface area contributed by atoms with Gasteiger partial charge in [-0.2, -0.15) is 4.31 Å². The number of carbonyl (C=O) groups is 1. The van der Waals surface area contributed by atoms with E-state index in [1.165, 1.54) is 10.4 Å². The molecule has 1 aromatic heterocycles. The number of carbonyl (C=O) groups excluding carboxylic acids is 1. The number of thiophene rings is 1. The number of rotatable bonds is 5. The third-order valence-electron chi connectivity index (χ3n) is 4.33. The summed E-state index contributed by atoms with van der Waals surface area (Å²) < 4.78 is 27.4. The molecular weight excluding hydrogens is 412 g/mol. The Bertz CT molecular complexity index is 890. The first kappa shape index (κ1) is 19.7. The molecule has 2 aromatic rings. The molecule has 1 aliphatic rings. The number of amides is 1. The normalized spacial score (nSPS) is 16.5. The Labute approximate surface area is 166 Å². The Morgan fingerprint density at radius 3 is 2.54 bits per heavy atom. The maximum absolute atomic E-state index is 12.6. The molecule has 0 spiro atoms. The summed E-state index contributed by atoms with van der Waals surface area (Å²) in [7, 11) is -3.53. The first-order chi connectivity index (χ1) is 12.4. The first-order valence-electron chi connectivity index (χ1n) is 8.11. The lowest BCUT2D eigenvalue weighted by molar-refractivity contribution is -0.120. The molecule has 1 saturated heterocycles. The van der Waals surface area contributed by atoms with Crippen molar-refractivity contribution < 1.29 is 13.2 Å². The van der Waals surface area contributed by atoms with Crippen molar-refractivity contribution in [3.05, 3.63) is 40.7 Å². The molecule has 1 aromatic carbocycles. The fourth-order valence-electron chi connectivity index (χ4n) is 2.90. The monoisotopic (exact) mass is 430 g/mol. The first-order valence-corrected chi connectivity index (χ1v) is 12.0. The second-order valence-corrected chi connectivity index (χ2v) is 10.7. The molecule has 0 saturated carbocycles. The molecule has 26 heavy (non-hydrogen) atoms.